The number of nitrogens with one attached hydrogen (secondary N) is 3. The molecule has 23 heavy (non-hydrogen) atoms. The highest BCUT2D eigenvalue weighted by Crippen LogP contribution is 2.10. The van der Waals surface area contributed by atoms with Crippen molar-refractivity contribution in [1.82, 2.24) is 15.4 Å². The lowest BCUT2D eigenvalue weighted by Gasteiger charge is -2.14. The molecular weight excluding hydrogens is 318 g/mol. The third-order valence-electron chi connectivity index (χ3n) is 3.05. The summed E-state index contributed by atoms with van der Waals surface area (Å²) >= 11 is 0. The van der Waals surface area contributed by atoms with Crippen LogP contribution in [-0.4, -0.2) is 39.4 Å². The minimum absolute atomic E-state index is 0.0876. The maximum atomic E-state index is 12.1. The average Bonchev–Trinajstić information content (AvgIpc) is 2.52. The molecule has 1 aromatic rings. The fourth-order valence-electron chi connectivity index (χ4n) is 1.81. The molecule has 0 heterocycles. The molecular formula is C15H23N3O4S. The van der Waals surface area contributed by atoms with E-state index in [-0.39, 0.29) is 22.9 Å². The van der Waals surface area contributed by atoms with E-state index in [9.17, 15) is 18.0 Å². The van der Waals surface area contributed by atoms with E-state index in [1.807, 2.05) is 6.92 Å². The van der Waals surface area contributed by atoms with Crippen molar-refractivity contribution in [2.24, 2.45) is 0 Å². The van der Waals surface area contributed by atoms with Gasteiger partial charge in [0.2, 0.25) is 15.9 Å². The lowest BCUT2D eigenvalue weighted by Crippen LogP contribution is -2.45. The topological polar surface area (TPSA) is 104 Å². The van der Waals surface area contributed by atoms with Gasteiger partial charge in [-0.15, -0.1) is 0 Å². The predicted molar refractivity (Wildman–Crippen MR) is 87.5 cm³/mol. The molecule has 0 saturated heterocycles. The van der Waals surface area contributed by atoms with Crippen molar-refractivity contribution in [2.45, 2.75) is 38.1 Å². The molecule has 0 aromatic heterocycles. The first kappa shape index (κ1) is 19.1. The van der Waals surface area contributed by atoms with Crippen LogP contribution >= 0.6 is 0 Å². The molecule has 3 N–H and O–H groups in total. The van der Waals surface area contributed by atoms with E-state index in [0.29, 0.717) is 6.54 Å². The molecule has 0 aliphatic heterocycles. The number of hydrogen-bond acceptors (Lipinski definition) is 4. The van der Waals surface area contributed by atoms with E-state index in [0.717, 1.165) is 6.42 Å². The van der Waals surface area contributed by atoms with Crippen LogP contribution in [0.2, 0.25) is 0 Å². The molecule has 0 aliphatic carbocycles. The lowest BCUT2D eigenvalue weighted by atomic mass is 10.2. The third-order valence-corrected chi connectivity index (χ3v) is 4.61. The molecule has 2 amide bonds. The Labute approximate surface area is 136 Å². The maximum absolute atomic E-state index is 12.1. The highest BCUT2D eigenvalue weighted by Gasteiger charge is 2.17. The second-order valence-corrected chi connectivity index (χ2v) is 6.78. The predicted octanol–water partition coefficient (Wildman–Crippen LogP) is 0.629. The van der Waals surface area contributed by atoms with Gasteiger partial charge in [0.25, 0.3) is 5.91 Å². The van der Waals surface area contributed by atoms with E-state index in [2.05, 4.69) is 15.4 Å². The van der Waals surface area contributed by atoms with Crippen molar-refractivity contribution < 1.29 is 18.0 Å². The van der Waals surface area contributed by atoms with Gasteiger partial charge in [-0.2, -0.15) is 0 Å². The first-order valence-electron chi connectivity index (χ1n) is 7.50. The second-order valence-electron chi connectivity index (χ2n) is 5.01. The quantitative estimate of drug-likeness (QED) is 0.645. The van der Waals surface area contributed by atoms with Crippen LogP contribution in [0.3, 0.4) is 0 Å². The Morgan fingerprint density at radius 2 is 1.74 bits per heavy atom. The molecule has 1 aromatic carbocycles. The van der Waals surface area contributed by atoms with Crippen molar-refractivity contribution in [3.05, 3.63) is 29.8 Å². The summed E-state index contributed by atoms with van der Waals surface area (Å²) in [6, 6.07) is 4.87. The Kier molecular flexibility index (Phi) is 7.18. The second kappa shape index (κ2) is 8.64. The van der Waals surface area contributed by atoms with E-state index in [1.165, 1.54) is 24.3 Å². The monoisotopic (exact) mass is 341 g/mol. The number of sulfonamides is 1. The number of carbonyl (C=O) groups excluding carboxylic acids is 2. The standard InChI is InChI=1S/C15H23N3O4S/c1-4-10-16-14(19)11(3)18-15(20)12-6-8-13(9-7-12)23(21,22)17-5-2/h6-9,11,17H,4-5,10H2,1-3H3,(H,16,19)(H,18,20)/t11-/m0/s1. The van der Waals surface area contributed by atoms with Crippen LogP contribution in [-0.2, 0) is 14.8 Å². The molecule has 128 valence electrons. The van der Waals surface area contributed by atoms with E-state index >= 15 is 0 Å². The Balaban J connectivity index is 2.73. The largest absolute Gasteiger partial charge is 0.354 e. The summed E-state index contributed by atoms with van der Waals surface area (Å²) in [5.74, 6) is -0.692. The van der Waals surface area contributed by atoms with Gasteiger partial charge in [-0.3, -0.25) is 9.59 Å². The summed E-state index contributed by atoms with van der Waals surface area (Å²) < 4.78 is 26.0. The summed E-state index contributed by atoms with van der Waals surface area (Å²) in [7, 11) is -3.55. The first-order valence-corrected chi connectivity index (χ1v) is 8.98. The van der Waals surface area contributed by atoms with Gasteiger partial charge in [0.1, 0.15) is 6.04 Å². The maximum Gasteiger partial charge on any atom is 0.251 e. The van der Waals surface area contributed by atoms with Gasteiger partial charge in [0, 0.05) is 18.7 Å². The molecule has 0 saturated carbocycles. The van der Waals surface area contributed by atoms with Crippen molar-refractivity contribution >= 4 is 21.8 Å². The molecule has 0 bridgehead atoms. The van der Waals surface area contributed by atoms with Gasteiger partial charge in [-0.25, -0.2) is 13.1 Å². The third kappa shape index (κ3) is 5.65. The highest BCUT2D eigenvalue weighted by atomic mass is 32.2. The summed E-state index contributed by atoms with van der Waals surface area (Å²) in [6.07, 6.45) is 0.814. The summed E-state index contributed by atoms with van der Waals surface area (Å²) in [5, 5.41) is 5.26. The average molecular weight is 341 g/mol. The summed E-state index contributed by atoms with van der Waals surface area (Å²) in [4.78, 5) is 23.9. The number of rotatable bonds is 8. The molecule has 0 fully saturated rings. The molecule has 7 nitrogen and oxygen atoms in total. The van der Waals surface area contributed by atoms with Gasteiger partial charge in [0.05, 0.1) is 4.90 Å². The molecule has 0 radical (unpaired) electrons. The zero-order valence-electron chi connectivity index (χ0n) is 13.5. The van der Waals surface area contributed by atoms with E-state index in [4.69, 9.17) is 0 Å². The molecule has 0 spiro atoms. The van der Waals surface area contributed by atoms with Gasteiger partial charge in [-0.05, 0) is 37.6 Å². The molecule has 0 unspecified atom stereocenters. The number of carbonyl (C=O) groups is 2. The Morgan fingerprint density at radius 3 is 2.26 bits per heavy atom. The zero-order chi connectivity index (χ0) is 17.5. The molecule has 1 rings (SSSR count). The molecule has 8 heteroatoms. The molecule has 1 atom stereocenters. The molecule has 0 aliphatic rings. The van der Waals surface area contributed by atoms with Crippen LogP contribution in [0.15, 0.2) is 29.2 Å². The van der Waals surface area contributed by atoms with Crippen LogP contribution < -0.4 is 15.4 Å². The normalized spacial score (nSPS) is 12.5. The fourth-order valence-corrected chi connectivity index (χ4v) is 2.85. The van der Waals surface area contributed by atoms with Crippen LogP contribution in [0, 0.1) is 0 Å². The number of amides is 2. The smallest absolute Gasteiger partial charge is 0.251 e. The van der Waals surface area contributed by atoms with Gasteiger partial charge in [-0.1, -0.05) is 13.8 Å². The van der Waals surface area contributed by atoms with Crippen molar-refractivity contribution in [3.8, 4) is 0 Å². The number of hydrogen-bond donors (Lipinski definition) is 3. The van der Waals surface area contributed by atoms with Crippen LogP contribution in [0.1, 0.15) is 37.6 Å². The Hall–Kier alpha value is -1.93. The van der Waals surface area contributed by atoms with Crippen molar-refractivity contribution in [1.29, 1.82) is 0 Å². The van der Waals surface area contributed by atoms with Gasteiger partial charge >= 0.3 is 0 Å². The van der Waals surface area contributed by atoms with E-state index < -0.39 is 22.0 Å². The summed E-state index contributed by atoms with van der Waals surface area (Å²) in [6.45, 7) is 6.05. The SMILES string of the molecule is CCCNC(=O)[C@H](C)NC(=O)c1ccc(S(=O)(=O)NCC)cc1. The Bertz CT molecular complexity index is 641. The summed E-state index contributed by atoms with van der Waals surface area (Å²) in [5.41, 5.74) is 0.288. The van der Waals surface area contributed by atoms with Crippen LogP contribution in [0.25, 0.3) is 0 Å². The van der Waals surface area contributed by atoms with Crippen molar-refractivity contribution in [3.63, 3.8) is 0 Å². The van der Waals surface area contributed by atoms with Gasteiger partial charge < -0.3 is 10.6 Å². The van der Waals surface area contributed by atoms with Gasteiger partial charge in [0.15, 0.2) is 0 Å². The lowest BCUT2D eigenvalue weighted by molar-refractivity contribution is -0.122. The number of benzene rings is 1. The first-order chi connectivity index (χ1) is 10.8. The van der Waals surface area contributed by atoms with E-state index in [1.54, 1.807) is 13.8 Å². The highest BCUT2D eigenvalue weighted by molar-refractivity contribution is 7.89. The fraction of sp³-hybridized carbons (Fsp3) is 0.467. The van der Waals surface area contributed by atoms with Crippen LogP contribution in [0.5, 0.6) is 0 Å². The minimum atomic E-state index is -3.55. The van der Waals surface area contributed by atoms with Crippen LogP contribution in [0.4, 0.5) is 0 Å². The minimum Gasteiger partial charge on any atom is -0.354 e. The zero-order valence-corrected chi connectivity index (χ0v) is 14.4. The Morgan fingerprint density at radius 1 is 1.13 bits per heavy atom. The van der Waals surface area contributed by atoms with Crippen molar-refractivity contribution in [2.75, 3.05) is 13.1 Å².